The Morgan fingerprint density at radius 1 is 1.44 bits per heavy atom. The lowest BCUT2D eigenvalue weighted by atomic mass is 10.0. The van der Waals surface area contributed by atoms with E-state index in [9.17, 15) is 4.39 Å². The molecule has 0 amide bonds. The van der Waals surface area contributed by atoms with Crippen LogP contribution < -0.4 is 0 Å². The molecule has 1 aromatic heterocycles. The molecule has 16 heavy (non-hydrogen) atoms. The third-order valence-electron chi connectivity index (χ3n) is 2.56. The number of likely N-dealkylation sites (N-methyl/N-ethyl adjacent to an activating group) is 1. The van der Waals surface area contributed by atoms with Crippen LogP contribution in [0.2, 0.25) is 0 Å². The average Bonchev–Trinajstić information content (AvgIpc) is 2.66. The van der Waals surface area contributed by atoms with Gasteiger partial charge in [-0.05, 0) is 25.7 Å². The van der Waals surface area contributed by atoms with Gasteiger partial charge in [0.15, 0.2) is 0 Å². The second kappa shape index (κ2) is 4.58. The first-order chi connectivity index (χ1) is 7.66. The fraction of sp³-hybridized carbons (Fsp3) is 0.308. The summed E-state index contributed by atoms with van der Waals surface area (Å²) in [7, 11) is 4.04. The molecule has 0 fully saturated rings. The number of pyridine rings is 1. The summed E-state index contributed by atoms with van der Waals surface area (Å²) in [5.74, 6) is -0.344. The van der Waals surface area contributed by atoms with Gasteiger partial charge in [0, 0.05) is 24.2 Å². The zero-order valence-electron chi connectivity index (χ0n) is 9.52. The molecule has 0 N–H and O–H groups in total. The van der Waals surface area contributed by atoms with Crippen LogP contribution in [0.1, 0.15) is 11.5 Å². The molecule has 1 aliphatic rings. The third kappa shape index (κ3) is 2.36. The molecule has 1 aromatic rings. The van der Waals surface area contributed by atoms with Crippen molar-refractivity contribution in [2.45, 2.75) is 5.92 Å². The van der Waals surface area contributed by atoms with Gasteiger partial charge in [-0.25, -0.2) is 4.98 Å². The topological polar surface area (TPSA) is 16.1 Å². The van der Waals surface area contributed by atoms with Crippen LogP contribution in [-0.4, -0.2) is 30.5 Å². The van der Waals surface area contributed by atoms with E-state index in [0.29, 0.717) is 5.56 Å². The Morgan fingerprint density at radius 3 is 2.94 bits per heavy atom. The molecule has 2 rings (SSSR count). The standard InChI is InChI=1S/C13H15FN2/c1-16(2)9-10-5-6-11(8-10)12-4-3-7-15-13(12)14/h3-8,11H,9H2,1-2H3. The van der Waals surface area contributed by atoms with Gasteiger partial charge in [0.2, 0.25) is 5.95 Å². The van der Waals surface area contributed by atoms with E-state index in [0.717, 1.165) is 6.54 Å². The molecule has 0 aromatic carbocycles. The first-order valence-electron chi connectivity index (χ1n) is 5.31. The number of allylic oxidation sites excluding steroid dienone is 2. The molecule has 0 bridgehead atoms. The van der Waals surface area contributed by atoms with E-state index in [1.165, 1.54) is 11.8 Å². The Bertz CT molecular complexity index is 435. The van der Waals surface area contributed by atoms with Gasteiger partial charge in [-0.1, -0.05) is 24.3 Å². The third-order valence-corrected chi connectivity index (χ3v) is 2.56. The molecule has 2 nitrogen and oxygen atoms in total. The first kappa shape index (κ1) is 11.0. The highest BCUT2D eigenvalue weighted by Gasteiger charge is 2.15. The molecule has 1 aliphatic carbocycles. The second-order valence-corrected chi connectivity index (χ2v) is 4.25. The molecule has 1 unspecified atom stereocenters. The Hall–Kier alpha value is -1.48. The van der Waals surface area contributed by atoms with Crippen LogP contribution in [0.15, 0.2) is 42.1 Å². The predicted molar refractivity (Wildman–Crippen MR) is 62.7 cm³/mol. The van der Waals surface area contributed by atoms with Crippen LogP contribution in [-0.2, 0) is 0 Å². The largest absolute Gasteiger partial charge is 0.305 e. The summed E-state index contributed by atoms with van der Waals surface area (Å²) >= 11 is 0. The average molecular weight is 218 g/mol. The summed E-state index contributed by atoms with van der Waals surface area (Å²) < 4.78 is 13.4. The van der Waals surface area contributed by atoms with E-state index < -0.39 is 0 Å². The Labute approximate surface area is 95.1 Å². The number of halogens is 1. The summed E-state index contributed by atoms with van der Waals surface area (Å²) in [6.45, 7) is 0.884. The van der Waals surface area contributed by atoms with E-state index in [1.807, 2.05) is 20.2 Å². The van der Waals surface area contributed by atoms with Gasteiger partial charge in [0.1, 0.15) is 0 Å². The minimum atomic E-state index is -0.375. The number of rotatable bonds is 3. The van der Waals surface area contributed by atoms with Crippen LogP contribution in [0.25, 0.3) is 0 Å². The van der Waals surface area contributed by atoms with Crippen LogP contribution in [0.3, 0.4) is 0 Å². The second-order valence-electron chi connectivity index (χ2n) is 4.25. The van der Waals surface area contributed by atoms with Crippen molar-refractivity contribution in [3.8, 4) is 0 Å². The molecule has 1 atom stereocenters. The van der Waals surface area contributed by atoms with Crippen LogP contribution in [0.5, 0.6) is 0 Å². The Morgan fingerprint density at radius 2 is 2.25 bits per heavy atom. The van der Waals surface area contributed by atoms with Crippen molar-refractivity contribution in [2.24, 2.45) is 0 Å². The van der Waals surface area contributed by atoms with Gasteiger partial charge in [0.05, 0.1) is 0 Å². The highest BCUT2D eigenvalue weighted by Crippen LogP contribution is 2.27. The van der Waals surface area contributed by atoms with Crippen LogP contribution >= 0.6 is 0 Å². The molecule has 1 heterocycles. The smallest absolute Gasteiger partial charge is 0.216 e. The number of hydrogen-bond donors (Lipinski definition) is 0. The molecular weight excluding hydrogens is 203 g/mol. The van der Waals surface area contributed by atoms with Gasteiger partial charge in [-0.15, -0.1) is 0 Å². The predicted octanol–water partition coefficient (Wildman–Crippen LogP) is 2.36. The van der Waals surface area contributed by atoms with Crippen molar-refractivity contribution in [1.29, 1.82) is 0 Å². The number of aromatic nitrogens is 1. The Kier molecular flexibility index (Phi) is 3.15. The first-order valence-corrected chi connectivity index (χ1v) is 5.31. The fourth-order valence-corrected chi connectivity index (χ4v) is 1.88. The quantitative estimate of drug-likeness (QED) is 0.724. The van der Waals surface area contributed by atoms with E-state index in [4.69, 9.17) is 0 Å². The minimum absolute atomic E-state index is 0.0312. The van der Waals surface area contributed by atoms with E-state index in [1.54, 1.807) is 12.1 Å². The van der Waals surface area contributed by atoms with Gasteiger partial charge in [-0.2, -0.15) is 4.39 Å². The maximum Gasteiger partial charge on any atom is 0.216 e. The van der Waals surface area contributed by atoms with E-state index in [-0.39, 0.29) is 11.9 Å². The molecular formula is C13H15FN2. The maximum absolute atomic E-state index is 13.4. The van der Waals surface area contributed by atoms with E-state index in [2.05, 4.69) is 22.0 Å². The zero-order chi connectivity index (χ0) is 11.5. The lowest BCUT2D eigenvalue weighted by molar-refractivity contribution is 0.449. The van der Waals surface area contributed by atoms with Gasteiger partial charge in [-0.3, -0.25) is 0 Å². The summed E-state index contributed by atoms with van der Waals surface area (Å²) in [6, 6.07) is 3.55. The molecule has 0 saturated carbocycles. The molecule has 0 radical (unpaired) electrons. The minimum Gasteiger partial charge on any atom is -0.305 e. The van der Waals surface area contributed by atoms with Gasteiger partial charge >= 0.3 is 0 Å². The zero-order valence-corrected chi connectivity index (χ0v) is 9.52. The Balaban J connectivity index is 2.18. The molecule has 0 saturated heterocycles. The number of nitrogens with zero attached hydrogens (tertiary/aromatic N) is 2. The lowest BCUT2D eigenvalue weighted by Gasteiger charge is -2.09. The van der Waals surface area contributed by atoms with Crippen molar-refractivity contribution in [2.75, 3.05) is 20.6 Å². The van der Waals surface area contributed by atoms with E-state index >= 15 is 0 Å². The normalized spacial score (nSPS) is 19.2. The number of hydrogen-bond acceptors (Lipinski definition) is 2. The molecule has 0 spiro atoms. The summed E-state index contributed by atoms with van der Waals surface area (Å²) in [4.78, 5) is 5.76. The molecule has 0 aliphatic heterocycles. The van der Waals surface area contributed by atoms with Gasteiger partial charge in [0.25, 0.3) is 0 Å². The molecule has 3 heteroatoms. The summed E-state index contributed by atoms with van der Waals surface area (Å²) in [5.41, 5.74) is 1.87. The highest BCUT2D eigenvalue weighted by molar-refractivity contribution is 5.39. The molecule has 84 valence electrons. The van der Waals surface area contributed by atoms with Crippen molar-refractivity contribution in [1.82, 2.24) is 9.88 Å². The fourth-order valence-electron chi connectivity index (χ4n) is 1.88. The summed E-state index contributed by atoms with van der Waals surface area (Å²) in [5, 5.41) is 0. The SMILES string of the molecule is CN(C)CC1=CC(c2cccnc2F)C=C1. The van der Waals surface area contributed by atoms with Crippen molar-refractivity contribution < 1.29 is 4.39 Å². The summed E-state index contributed by atoms with van der Waals surface area (Å²) in [6.07, 6.45) is 7.62. The van der Waals surface area contributed by atoms with Crippen LogP contribution in [0.4, 0.5) is 4.39 Å². The van der Waals surface area contributed by atoms with Crippen molar-refractivity contribution in [3.05, 3.63) is 53.6 Å². The lowest BCUT2D eigenvalue weighted by Crippen LogP contribution is -2.13. The maximum atomic E-state index is 13.4. The van der Waals surface area contributed by atoms with Crippen molar-refractivity contribution >= 4 is 0 Å². The highest BCUT2D eigenvalue weighted by atomic mass is 19.1. The van der Waals surface area contributed by atoms with Crippen molar-refractivity contribution in [3.63, 3.8) is 0 Å². The van der Waals surface area contributed by atoms with Gasteiger partial charge < -0.3 is 4.90 Å². The van der Waals surface area contributed by atoms with Crippen LogP contribution in [0, 0.1) is 5.95 Å². The monoisotopic (exact) mass is 218 g/mol.